The van der Waals surface area contributed by atoms with Crippen LogP contribution in [-0.2, 0) is 5.41 Å². The van der Waals surface area contributed by atoms with Crippen molar-refractivity contribution in [3.63, 3.8) is 0 Å². The van der Waals surface area contributed by atoms with Crippen LogP contribution in [0.15, 0.2) is 24.3 Å². The van der Waals surface area contributed by atoms with Crippen molar-refractivity contribution in [3.05, 3.63) is 41.1 Å². The van der Waals surface area contributed by atoms with Crippen molar-refractivity contribution in [2.24, 2.45) is 0 Å². The minimum absolute atomic E-state index is 0.118. The molecule has 1 aliphatic carbocycles. The molecule has 0 spiro atoms. The molecule has 0 fully saturated rings. The summed E-state index contributed by atoms with van der Waals surface area (Å²) in [5.41, 5.74) is 4.38. The lowest BCUT2D eigenvalue weighted by molar-refractivity contribution is 0.104. The summed E-state index contributed by atoms with van der Waals surface area (Å²) in [6, 6.07) is 8.07. The van der Waals surface area contributed by atoms with Gasteiger partial charge in [-0.15, -0.1) is 0 Å². The molecular formula is C17H20N2O. The second-order valence-corrected chi connectivity index (χ2v) is 6.74. The fourth-order valence-corrected chi connectivity index (χ4v) is 2.83. The van der Waals surface area contributed by atoms with E-state index in [2.05, 4.69) is 34.6 Å². The summed E-state index contributed by atoms with van der Waals surface area (Å²) in [6.45, 7) is 10.5. The summed E-state index contributed by atoms with van der Waals surface area (Å²) in [7, 11) is 0. The van der Waals surface area contributed by atoms with E-state index in [1.54, 1.807) is 0 Å². The van der Waals surface area contributed by atoms with E-state index in [-0.39, 0.29) is 17.2 Å². The Morgan fingerprint density at radius 2 is 1.70 bits per heavy atom. The van der Waals surface area contributed by atoms with Crippen molar-refractivity contribution in [1.29, 1.82) is 0 Å². The van der Waals surface area contributed by atoms with Gasteiger partial charge in [0, 0.05) is 22.6 Å². The van der Waals surface area contributed by atoms with Crippen LogP contribution in [0.4, 0.5) is 0 Å². The van der Waals surface area contributed by atoms with E-state index in [0.29, 0.717) is 0 Å². The van der Waals surface area contributed by atoms with Gasteiger partial charge in [0.2, 0.25) is 0 Å². The molecule has 1 heterocycles. The van der Waals surface area contributed by atoms with Gasteiger partial charge in [-0.3, -0.25) is 9.48 Å². The van der Waals surface area contributed by atoms with Gasteiger partial charge in [0.1, 0.15) is 0 Å². The van der Waals surface area contributed by atoms with Crippen LogP contribution in [0, 0.1) is 0 Å². The van der Waals surface area contributed by atoms with E-state index < -0.39 is 0 Å². The number of hydrogen-bond acceptors (Lipinski definition) is 2. The van der Waals surface area contributed by atoms with E-state index >= 15 is 0 Å². The van der Waals surface area contributed by atoms with Crippen molar-refractivity contribution in [2.75, 3.05) is 0 Å². The maximum atomic E-state index is 12.7. The second kappa shape index (κ2) is 4.05. The first-order valence-electron chi connectivity index (χ1n) is 7.09. The Bertz CT molecular complexity index is 702. The normalized spacial score (nSPS) is 13.8. The number of fused-ring (bicyclic) bond motifs is 3. The van der Waals surface area contributed by atoms with Crippen LogP contribution >= 0.6 is 0 Å². The lowest BCUT2D eigenvalue weighted by Crippen LogP contribution is -2.17. The molecule has 0 saturated heterocycles. The van der Waals surface area contributed by atoms with Crippen molar-refractivity contribution < 1.29 is 4.79 Å². The predicted molar refractivity (Wildman–Crippen MR) is 80.2 cm³/mol. The van der Waals surface area contributed by atoms with Crippen LogP contribution in [0.1, 0.15) is 62.3 Å². The average molecular weight is 268 g/mol. The van der Waals surface area contributed by atoms with Gasteiger partial charge in [0.15, 0.2) is 5.78 Å². The number of carbonyl (C=O) groups is 1. The Kier molecular flexibility index (Phi) is 2.65. The van der Waals surface area contributed by atoms with Gasteiger partial charge in [-0.2, -0.15) is 5.10 Å². The topological polar surface area (TPSA) is 34.9 Å². The molecule has 0 bridgehead atoms. The molecular weight excluding hydrogens is 248 g/mol. The molecule has 0 aliphatic heterocycles. The first-order valence-corrected chi connectivity index (χ1v) is 7.09. The van der Waals surface area contributed by atoms with E-state index in [1.807, 2.05) is 28.9 Å². The van der Waals surface area contributed by atoms with Gasteiger partial charge in [-0.25, -0.2) is 0 Å². The Morgan fingerprint density at radius 1 is 1.10 bits per heavy atom. The average Bonchev–Trinajstić information content (AvgIpc) is 2.88. The molecule has 0 radical (unpaired) electrons. The summed E-state index contributed by atoms with van der Waals surface area (Å²) in [5.74, 6) is 0.118. The van der Waals surface area contributed by atoms with Gasteiger partial charge >= 0.3 is 0 Å². The molecule has 3 rings (SSSR count). The highest BCUT2D eigenvalue weighted by molar-refractivity contribution is 6.21. The quantitative estimate of drug-likeness (QED) is 0.669. The molecule has 3 heteroatoms. The summed E-state index contributed by atoms with van der Waals surface area (Å²) in [6.07, 6.45) is 0. The Labute approximate surface area is 119 Å². The molecule has 1 aliphatic rings. The highest BCUT2D eigenvalue weighted by Crippen LogP contribution is 2.42. The number of ketones is 1. The minimum Gasteiger partial charge on any atom is -0.288 e. The molecule has 3 nitrogen and oxygen atoms in total. The Hall–Kier alpha value is -1.90. The fourth-order valence-electron chi connectivity index (χ4n) is 2.83. The number of hydrogen-bond donors (Lipinski definition) is 0. The van der Waals surface area contributed by atoms with Crippen LogP contribution in [0.2, 0.25) is 0 Å². The van der Waals surface area contributed by atoms with Crippen LogP contribution in [0.3, 0.4) is 0 Å². The molecule has 0 saturated carbocycles. The fraction of sp³-hybridized carbons (Fsp3) is 0.412. The standard InChI is InChI=1S/C17H20N2O/c1-10(2)19-14-11-8-6-7-9-12(11)15(20)13(14)16(18-19)17(3,4)5/h6-10H,1-5H3. The highest BCUT2D eigenvalue weighted by atomic mass is 16.1. The number of benzene rings is 1. The second-order valence-electron chi connectivity index (χ2n) is 6.74. The number of rotatable bonds is 1. The zero-order valence-electron chi connectivity index (χ0n) is 12.7. The van der Waals surface area contributed by atoms with Crippen molar-refractivity contribution in [2.45, 2.75) is 46.1 Å². The van der Waals surface area contributed by atoms with Crippen molar-refractivity contribution >= 4 is 5.78 Å². The number of aromatic nitrogens is 2. The third kappa shape index (κ3) is 1.65. The minimum atomic E-state index is -0.137. The number of carbonyl (C=O) groups excluding carboxylic acids is 1. The van der Waals surface area contributed by atoms with Gasteiger partial charge in [0.25, 0.3) is 0 Å². The Morgan fingerprint density at radius 3 is 2.25 bits per heavy atom. The molecule has 0 N–H and O–H groups in total. The van der Waals surface area contributed by atoms with Gasteiger partial charge in [-0.05, 0) is 13.8 Å². The zero-order valence-corrected chi connectivity index (χ0v) is 12.7. The lowest BCUT2D eigenvalue weighted by atomic mass is 9.88. The predicted octanol–water partition coefficient (Wildman–Crippen LogP) is 3.97. The summed E-state index contributed by atoms with van der Waals surface area (Å²) >= 11 is 0. The molecule has 104 valence electrons. The molecule has 0 amide bonds. The number of nitrogens with zero attached hydrogens (tertiary/aromatic N) is 2. The van der Waals surface area contributed by atoms with Crippen LogP contribution in [0.5, 0.6) is 0 Å². The van der Waals surface area contributed by atoms with Crippen molar-refractivity contribution in [3.8, 4) is 11.3 Å². The van der Waals surface area contributed by atoms with Crippen LogP contribution in [0.25, 0.3) is 11.3 Å². The largest absolute Gasteiger partial charge is 0.288 e. The van der Waals surface area contributed by atoms with Crippen LogP contribution in [-0.4, -0.2) is 15.6 Å². The maximum Gasteiger partial charge on any atom is 0.197 e. The third-order valence-corrected chi connectivity index (χ3v) is 3.76. The molecule has 1 aromatic heterocycles. The monoisotopic (exact) mass is 268 g/mol. The van der Waals surface area contributed by atoms with Crippen molar-refractivity contribution in [1.82, 2.24) is 9.78 Å². The van der Waals surface area contributed by atoms with E-state index in [1.165, 1.54) is 0 Å². The van der Waals surface area contributed by atoms with E-state index in [9.17, 15) is 4.79 Å². The summed E-state index contributed by atoms with van der Waals surface area (Å²) < 4.78 is 2.00. The smallest absolute Gasteiger partial charge is 0.197 e. The summed E-state index contributed by atoms with van der Waals surface area (Å²) in [5, 5.41) is 4.75. The van der Waals surface area contributed by atoms with E-state index in [0.717, 1.165) is 28.1 Å². The van der Waals surface area contributed by atoms with Gasteiger partial charge in [-0.1, -0.05) is 45.0 Å². The molecule has 0 unspecified atom stereocenters. The molecule has 2 aromatic rings. The van der Waals surface area contributed by atoms with E-state index in [4.69, 9.17) is 5.10 Å². The third-order valence-electron chi connectivity index (χ3n) is 3.76. The van der Waals surface area contributed by atoms with Gasteiger partial charge in [0.05, 0.1) is 17.0 Å². The SMILES string of the molecule is CC(C)n1nc(C(C)(C)C)c2c1-c1ccccc1C2=O. The highest BCUT2D eigenvalue weighted by Gasteiger charge is 2.38. The Balaban J connectivity index is 2.38. The first kappa shape index (κ1) is 13.1. The first-order chi connectivity index (χ1) is 9.32. The lowest BCUT2D eigenvalue weighted by Gasteiger charge is -2.17. The zero-order chi connectivity index (χ0) is 14.7. The molecule has 0 atom stereocenters. The summed E-state index contributed by atoms with van der Waals surface area (Å²) in [4.78, 5) is 12.7. The molecule has 20 heavy (non-hydrogen) atoms. The van der Waals surface area contributed by atoms with Crippen LogP contribution < -0.4 is 0 Å². The molecule has 1 aromatic carbocycles. The maximum absolute atomic E-state index is 12.7. The van der Waals surface area contributed by atoms with Gasteiger partial charge < -0.3 is 0 Å².